The summed E-state index contributed by atoms with van der Waals surface area (Å²) in [5, 5.41) is 8.63. The molecule has 0 nitrogen and oxygen atoms in total. The van der Waals surface area contributed by atoms with Gasteiger partial charge >= 0.3 is 70.9 Å². The molecule has 0 aliphatic rings. The van der Waals surface area contributed by atoms with Gasteiger partial charge in [0, 0.05) is 0 Å². The van der Waals surface area contributed by atoms with Gasteiger partial charge < -0.3 is 7.13 Å². The van der Waals surface area contributed by atoms with Crippen LogP contribution in [0.25, 0.3) is 0 Å². The Morgan fingerprint density at radius 2 is 0.386 bits per heavy atom. The summed E-state index contributed by atoms with van der Waals surface area (Å²) >= 11 is 0. The van der Waals surface area contributed by atoms with Gasteiger partial charge in [0.25, 0.3) is 0 Å². The molecule has 224 valence electrons. The van der Waals surface area contributed by atoms with E-state index in [1.807, 2.05) is 0 Å². The molecule has 0 spiro atoms. The summed E-state index contributed by atoms with van der Waals surface area (Å²) in [6, 6.07) is 64.2. The fourth-order valence-corrected chi connectivity index (χ4v) is 8.97. The molecule has 0 saturated heterocycles. The predicted molar refractivity (Wildman–Crippen MR) is 201 cm³/mol. The van der Waals surface area contributed by atoms with Gasteiger partial charge in [-0.3, -0.25) is 0 Å². The first-order chi connectivity index (χ1) is 20.6. The largest absolute Gasteiger partial charge is 4.00 e. The van der Waals surface area contributed by atoms with Crippen LogP contribution in [0, 0.1) is 0 Å². The molecule has 5 heteroatoms. The maximum Gasteiger partial charge on any atom is 4.00 e. The van der Waals surface area contributed by atoms with Gasteiger partial charge in [0.2, 0.25) is 0 Å². The quantitative estimate of drug-likeness (QED) is 0.149. The van der Waals surface area contributed by atoms with Gasteiger partial charge in [-0.15, -0.1) is 0 Å². The van der Waals surface area contributed by atoms with Crippen molar-refractivity contribution in [1.29, 1.82) is 0 Å². The van der Waals surface area contributed by atoms with Crippen LogP contribution in [0.15, 0.2) is 182 Å². The fraction of sp³-hybridized carbons (Fsp3) is 0.0769. The van der Waals surface area contributed by atoms with E-state index in [1.165, 1.54) is 31.8 Å². The van der Waals surface area contributed by atoms with Crippen LogP contribution in [-0.4, -0.2) is 20.0 Å². The van der Waals surface area contributed by atoms with Crippen LogP contribution in [-0.2, 0) is 19.5 Å². The molecule has 0 aromatic heterocycles. The van der Waals surface area contributed by atoms with Crippen LogP contribution in [0.2, 0.25) is 0 Å². The van der Waals surface area contributed by atoms with Crippen molar-refractivity contribution in [2.24, 2.45) is 0 Å². The van der Waals surface area contributed by atoms with Gasteiger partial charge in [0.15, 0.2) is 0 Å². The van der Waals surface area contributed by atoms with E-state index in [2.05, 4.69) is 202 Å². The molecule has 0 bridgehead atoms. The Kier molecular flexibility index (Phi) is 19.9. The summed E-state index contributed by atoms with van der Waals surface area (Å²) in [7, 11) is -0.512. The van der Waals surface area contributed by atoms with Crippen molar-refractivity contribution in [3.05, 3.63) is 182 Å². The summed E-state index contributed by atoms with van der Waals surface area (Å²) < 4.78 is 0. The van der Waals surface area contributed by atoms with E-state index in [4.69, 9.17) is 0 Å². The van der Waals surface area contributed by atoms with E-state index >= 15 is 0 Å². The zero-order valence-electron chi connectivity index (χ0n) is 31.0. The summed E-state index contributed by atoms with van der Waals surface area (Å²) in [5.41, 5.74) is 0. The van der Waals surface area contributed by atoms with Gasteiger partial charge in [-0.05, 0) is 75.6 Å². The predicted octanol–water partition coefficient (Wildman–Crippen LogP) is 5.81. The average Bonchev–Trinajstić information content (AvgIpc) is 3.10. The topological polar surface area (TPSA) is 0 Å². The maximum atomic E-state index is 2.31. The van der Waals surface area contributed by atoms with Gasteiger partial charge in [0.1, 0.15) is 0 Å². The average molecular weight is 746 g/mol. The summed E-state index contributed by atoms with van der Waals surface area (Å²) in [4.78, 5) is 0. The molecule has 6 aromatic rings. The minimum Gasteiger partial charge on any atom is -1.00 e. The molecule has 44 heavy (non-hydrogen) atoms. The molecule has 0 saturated carbocycles. The molecule has 0 fully saturated rings. The Hall–Kier alpha value is -1.13. The zero-order chi connectivity index (χ0) is 29.4. The molecule has 0 aliphatic heterocycles. The van der Waals surface area contributed by atoms with Crippen molar-refractivity contribution in [3.63, 3.8) is 0 Å². The molecule has 0 heterocycles. The minimum absolute atomic E-state index is 0. The SMILES string of the molecule is CP(c1ccccc1)c1ccccc1.CP(c1ccccc1)c1ccccc1.CP(c1ccccc1)c1ccccc1.[H-].[H-].[H-].[H-].[H-].[K+].[Ru+4]. The molecular weight excluding hydrogens is 702 g/mol. The number of hydrogen-bond acceptors (Lipinski definition) is 0. The Morgan fingerprint density at radius 1 is 0.273 bits per heavy atom. The molecule has 0 aliphatic carbocycles. The van der Waals surface area contributed by atoms with E-state index in [1.54, 1.807) is 0 Å². The Balaban J connectivity index is -0.000000289. The van der Waals surface area contributed by atoms with Crippen LogP contribution in [0.5, 0.6) is 0 Å². The van der Waals surface area contributed by atoms with Crippen LogP contribution >= 0.6 is 23.8 Å². The van der Waals surface area contributed by atoms with Crippen molar-refractivity contribution in [2.75, 3.05) is 20.0 Å². The molecule has 6 rings (SSSR count). The number of benzene rings is 6. The molecule has 0 N–H and O–H groups in total. The third-order valence-corrected chi connectivity index (χ3v) is 13.3. The molecular formula is C39H44KP3Ru. The van der Waals surface area contributed by atoms with Crippen molar-refractivity contribution in [3.8, 4) is 0 Å². The van der Waals surface area contributed by atoms with Gasteiger partial charge in [-0.1, -0.05) is 182 Å². The van der Waals surface area contributed by atoms with Gasteiger partial charge in [0.05, 0.1) is 0 Å². The van der Waals surface area contributed by atoms with Gasteiger partial charge in [-0.25, -0.2) is 0 Å². The molecule has 0 atom stereocenters. The normalized spacial score (nSPS) is 9.95. The summed E-state index contributed by atoms with van der Waals surface area (Å²) in [6.45, 7) is 6.92. The van der Waals surface area contributed by atoms with Crippen LogP contribution in [0.1, 0.15) is 7.13 Å². The van der Waals surface area contributed by atoms with E-state index in [0.717, 1.165) is 0 Å². The van der Waals surface area contributed by atoms with Crippen LogP contribution in [0.3, 0.4) is 0 Å². The first kappa shape index (κ1) is 39.1. The number of rotatable bonds is 6. The second-order valence-electron chi connectivity index (χ2n) is 9.69. The van der Waals surface area contributed by atoms with Gasteiger partial charge in [-0.2, -0.15) is 0 Å². The van der Waals surface area contributed by atoms with Crippen molar-refractivity contribution in [1.82, 2.24) is 0 Å². The third-order valence-electron chi connectivity index (χ3n) is 6.86. The van der Waals surface area contributed by atoms with E-state index in [-0.39, 0.29) is 102 Å². The molecule has 0 radical (unpaired) electrons. The Bertz CT molecular complexity index is 1250. The molecule has 0 amide bonds. The smallest absolute Gasteiger partial charge is 1.00 e. The summed E-state index contributed by atoms with van der Waals surface area (Å²) in [6.07, 6.45) is 0. The standard InChI is InChI=1S/3C13H13P.K.Ru.5H/c3*1-14(12-8-4-2-5-9-12)13-10-6-3-7-11-13;;;;;;;/h3*2-11H,1H3;;;;;;;/q;;;+1;+4;5*-1. The Morgan fingerprint density at radius 3 is 0.500 bits per heavy atom. The molecule has 6 aromatic carbocycles. The van der Waals surface area contributed by atoms with Crippen molar-refractivity contribution in [2.45, 2.75) is 0 Å². The summed E-state index contributed by atoms with van der Waals surface area (Å²) in [5.74, 6) is 0. The van der Waals surface area contributed by atoms with Crippen molar-refractivity contribution >= 4 is 55.6 Å². The van der Waals surface area contributed by atoms with E-state index < -0.39 is 0 Å². The fourth-order valence-electron chi connectivity index (χ4n) is 4.36. The first-order valence-electron chi connectivity index (χ1n) is 14.1. The van der Waals surface area contributed by atoms with Crippen LogP contribution < -0.4 is 83.2 Å². The van der Waals surface area contributed by atoms with E-state index in [9.17, 15) is 0 Å². The monoisotopic (exact) mass is 746 g/mol. The molecule has 0 unspecified atom stereocenters. The first-order valence-corrected chi connectivity index (χ1v) is 19.5. The Labute approximate surface area is 332 Å². The minimum atomic E-state index is -0.171. The third kappa shape index (κ3) is 12.9. The van der Waals surface area contributed by atoms with E-state index in [0.29, 0.717) is 0 Å². The number of hydrogen-bond donors (Lipinski definition) is 0. The second kappa shape index (κ2) is 22.4. The van der Waals surface area contributed by atoms with Crippen LogP contribution in [0.4, 0.5) is 0 Å². The zero-order valence-corrected chi connectivity index (χ0v) is 33.6. The van der Waals surface area contributed by atoms with Crippen molar-refractivity contribution < 1.29 is 78.0 Å². The maximum absolute atomic E-state index is 2.31. The second-order valence-corrected chi connectivity index (χ2v) is 16.1.